The molecule has 0 saturated carbocycles. The van der Waals surface area contributed by atoms with E-state index in [0.29, 0.717) is 17.7 Å². The Morgan fingerprint density at radius 1 is 0.946 bits per heavy atom. The number of fused-ring (bicyclic) bond motifs is 1. The summed E-state index contributed by atoms with van der Waals surface area (Å²) in [5, 5.41) is 1.69. The number of hydrogen-bond acceptors (Lipinski definition) is 6. The predicted octanol–water partition coefficient (Wildman–Crippen LogP) is 5.49. The van der Waals surface area contributed by atoms with Crippen LogP contribution in [0.5, 0.6) is 5.75 Å². The van der Waals surface area contributed by atoms with Gasteiger partial charge in [0.05, 0.1) is 18.6 Å². The van der Waals surface area contributed by atoms with Gasteiger partial charge in [0, 0.05) is 23.7 Å². The number of pyridine rings is 1. The van der Waals surface area contributed by atoms with Crippen LogP contribution in [0, 0.1) is 6.92 Å². The Balaban J connectivity index is 1.75. The van der Waals surface area contributed by atoms with Crippen molar-refractivity contribution in [3.8, 4) is 5.75 Å². The van der Waals surface area contributed by atoms with Crippen LogP contribution in [-0.2, 0) is 28.0 Å². The summed E-state index contributed by atoms with van der Waals surface area (Å²) in [6.45, 7) is 2.01. The monoisotopic (exact) mass is 531 g/mol. The van der Waals surface area contributed by atoms with E-state index in [9.17, 15) is 21.6 Å². The normalized spacial score (nSPS) is 12.0. The first-order valence-electron chi connectivity index (χ1n) is 11.1. The summed E-state index contributed by atoms with van der Waals surface area (Å²) in [6, 6.07) is 18.9. The van der Waals surface area contributed by atoms with Crippen LogP contribution < -0.4 is 14.5 Å². The van der Waals surface area contributed by atoms with Gasteiger partial charge in [-0.25, -0.2) is 17.7 Å². The molecule has 11 heteroatoms. The lowest BCUT2D eigenvalue weighted by atomic mass is 10.1. The lowest BCUT2D eigenvalue weighted by molar-refractivity contribution is -0.274. The number of ether oxygens (including phenoxy) is 1. The number of sulfonamides is 1. The lowest BCUT2D eigenvalue weighted by Gasteiger charge is -2.26. The summed E-state index contributed by atoms with van der Waals surface area (Å²) >= 11 is 0. The summed E-state index contributed by atoms with van der Waals surface area (Å²) in [6.07, 6.45) is -3.23. The Labute approximate surface area is 212 Å². The van der Waals surface area contributed by atoms with E-state index in [2.05, 4.69) is 15.2 Å². The highest BCUT2D eigenvalue weighted by Crippen LogP contribution is 2.32. The maximum absolute atomic E-state index is 13.9. The van der Waals surface area contributed by atoms with Crippen molar-refractivity contribution in [1.29, 1.82) is 0 Å². The van der Waals surface area contributed by atoms with Gasteiger partial charge in [0.2, 0.25) is 0 Å². The van der Waals surface area contributed by atoms with Gasteiger partial charge in [-0.1, -0.05) is 48.5 Å². The second-order valence-corrected chi connectivity index (χ2v) is 10.0. The molecule has 37 heavy (non-hydrogen) atoms. The van der Waals surface area contributed by atoms with Crippen LogP contribution >= 0.6 is 0 Å². The van der Waals surface area contributed by atoms with Crippen molar-refractivity contribution in [2.45, 2.75) is 31.3 Å². The second kappa shape index (κ2) is 10.8. The van der Waals surface area contributed by atoms with E-state index in [4.69, 9.17) is 4.84 Å². The van der Waals surface area contributed by atoms with E-state index in [1.165, 1.54) is 31.4 Å². The number of aryl methyl sites for hydroxylation is 1. The van der Waals surface area contributed by atoms with Crippen LogP contribution in [0.4, 0.5) is 19.0 Å². The molecule has 0 unspecified atom stereocenters. The number of nitrogens with zero attached hydrogens (tertiary/aromatic N) is 2. The molecule has 7 nitrogen and oxygen atoms in total. The number of hydrogen-bond donors (Lipinski definition) is 1. The highest BCUT2D eigenvalue weighted by atomic mass is 32.2. The van der Waals surface area contributed by atoms with Crippen LogP contribution in [-0.4, -0.2) is 26.9 Å². The van der Waals surface area contributed by atoms with Crippen molar-refractivity contribution in [3.05, 3.63) is 95.7 Å². The van der Waals surface area contributed by atoms with E-state index < -0.39 is 22.1 Å². The molecule has 0 bridgehead atoms. The van der Waals surface area contributed by atoms with Gasteiger partial charge in [-0.15, -0.1) is 13.2 Å². The molecule has 0 fully saturated rings. The maximum Gasteiger partial charge on any atom is 0.573 e. The van der Waals surface area contributed by atoms with Gasteiger partial charge in [0.1, 0.15) is 11.6 Å². The highest BCUT2D eigenvalue weighted by Gasteiger charge is 2.31. The Kier molecular flexibility index (Phi) is 7.67. The molecule has 194 valence electrons. The number of anilines is 1. The van der Waals surface area contributed by atoms with Crippen LogP contribution in [0.25, 0.3) is 10.8 Å². The molecule has 0 spiro atoms. The van der Waals surface area contributed by atoms with Crippen molar-refractivity contribution >= 4 is 26.6 Å². The van der Waals surface area contributed by atoms with Crippen molar-refractivity contribution < 1.29 is 31.2 Å². The topological polar surface area (TPSA) is 80.8 Å². The Hall–Kier alpha value is -3.67. The average molecular weight is 532 g/mol. The van der Waals surface area contributed by atoms with Crippen molar-refractivity contribution in [2.24, 2.45) is 0 Å². The smallest absolute Gasteiger partial charge is 0.406 e. The highest BCUT2D eigenvalue weighted by molar-refractivity contribution is 7.92. The van der Waals surface area contributed by atoms with E-state index in [-0.39, 0.29) is 17.3 Å². The summed E-state index contributed by atoms with van der Waals surface area (Å²) in [5.41, 5.74) is 4.61. The molecule has 4 aromatic rings. The summed E-state index contributed by atoms with van der Waals surface area (Å²) in [5.74, 6) is -0.176. The number of hydroxylamine groups is 1. The largest absolute Gasteiger partial charge is 0.573 e. The summed E-state index contributed by atoms with van der Waals surface area (Å²) in [4.78, 5) is 9.34. The number of alkyl halides is 3. The number of nitrogens with one attached hydrogen (secondary N) is 1. The number of rotatable bonds is 9. The fraction of sp³-hybridized carbons (Fsp3) is 0.192. The molecule has 0 aliphatic carbocycles. The zero-order chi connectivity index (χ0) is 26.6. The Morgan fingerprint density at radius 2 is 1.59 bits per heavy atom. The van der Waals surface area contributed by atoms with Crippen LogP contribution in [0.2, 0.25) is 0 Å². The third-order valence-corrected chi connectivity index (χ3v) is 7.43. The first-order chi connectivity index (χ1) is 17.6. The number of benzene rings is 3. The minimum atomic E-state index is -4.83. The van der Waals surface area contributed by atoms with Gasteiger partial charge in [0.15, 0.2) is 0 Å². The fourth-order valence-corrected chi connectivity index (χ4v) is 5.31. The number of aromatic nitrogens is 1. The van der Waals surface area contributed by atoms with Gasteiger partial charge in [-0.05, 0) is 47.7 Å². The van der Waals surface area contributed by atoms with Crippen LogP contribution in [0.1, 0.15) is 16.7 Å². The molecule has 0 atom stereocenters. The quantitative estimate of drug-likeness (QED) is 0.288. The molecule has 0 radical (unpaired) electrons. The van der Waals surface area contributed by atoms with Crippen molar-refractivity contribution in [1.82, 2.24) is 10.5 Å². The molecule has 1 heterocycles. The van der Waals surface area contributed by atoms with E-state index in [0.717, 1.165) is 32.8 Å². The van der Waals surface area contributed by atoms with Crippen molar-refractivity contribution in [2.75, 3.05) is 11.4 Å². The molecule has 0 aliphatic rings. The van der Waals surface area contributed by atoms with E-state index in [1.807, 2.05) is 24.3 Å². The molecule has 0 aliphatic heterocycles. The summed E-state index contributed by atoms with van der Waals surface area (Å²) < 4.78 is 70.5. The minimum absolute atomic E-state index is 0.0417. The van der Waals surface area contributed by atoms with E-state index >= 15 is 0 Å². The molecule has 0 saturated heterocycles. The Morgan fingerprint density at radius 3 is 2.24 bits per heavy atom. The van der Waals surface area contributed by atoms with Gasteiger partial charge in [0.25, 0.3) is 10.0 Å². The zero-order valence-corrected chi connectivity index (χ0v) is 20.8. The SMILES string of the molecule is CONCc1ccc(S(=O)(=O)N(Cc2ccc(OC(F)(F)F)cc2)c2ncc3ccccc3c2C)cc1. The molecule has 3 aromatic carbocycles. The molecule has 4 rings (SSSR count). The van der Waals surface area contributed by atoms with Gasteiger partial charge in [-0.2, -0.15) is 5.48 Å². The molecule has 1 aromatic heterocycles. The standard InChI is InChI=1S/C26H24F3N3O4S/c1-18-24-6-4-3-5-21(24)16-30-25(18)32(17-20-7-11-22(12-8-20)36-26(27,28)29)37(33,34)23-13-9-19(10-14-23)15-31-35-2/h3-14,16,31H,15,17H2,1-2H3. The first-order valence-corrected chi connectivity index (χ1v) is 12.6. The van der Waals surface area contributed by atoms with Crippen molar-refractivity contribution in [3.63, 3.8) is 0 Å². The molecular formula is C26H24F3N3O4S. The van der Waals surface area contributed by atoms with Gasteiger partial charge in [-0.3, -0.25) is 0 Å². The second-order valence-electron chi connectivity index (χ2n) is 8.17. The van der Waals surface area contributed by atoms with Crippen LogP contribution in [0.15, 0.2) is 83.9 Å². The lowest BCUT2D eigenvalue weighted by Crippen LogP contribution is -2.32. The Bertz CT molecular complexity index is 1480. The third kappa shape index (κ3) is 6.19. The third-order valence-electron chi connectivity index (χ3n) is 5.68. The first kappa shape index (κ1) is 26.4. The predicted molar refractivity (Wildman–Crippen MR) is 133 cm³/mol. The van der Waals surface area contributed by atoms with E-state index in [1.54, 1.807) is 25.3 Å². The minimum Gasteiger partial charge on any atom is -0.406 e. The molecule has 1 N–H and O–H groups in total. The summed E-state index contributed by atoms with van der Waals surface area (Å²) in [7, 11) is -2.63. The average Bonchev–Trinajstić information content (AvgIpc) is 2.87. The van der Waals surface area contributed by atoms with Gasteiger partial charge < -0.3 is 9.57 Å². The fourth-order valence-electron chi connectivity index (χ4n) is 3.85. The molecule has 0 amide bonds. The molecular weight excluding hydrogens is 507 g/mol. The maximum atomic E-state index is 13.9. The zero-order valence-electron chi connectivity index (χ0n) is 20.0. The van der Waals surface area contributed by atoms with Gasteiger partial charge >= 0.3 is 6.36 Å². The number of halogens is 3. The van der Waals surface area contributed by atoms with Crippen LogP contribution in [0.3, 0.4) is 0 Å².